The third-order valence-electron chi connectivity index (χ3n) is 6.74. The lowest BCUT2D eigenvalue weighted by Crippen LogP contribution is -2.24. The number of nitrogens with zero attached hydrogens (tertiary/aromatic N) is 4. The Balaban J connectivity index is 1.30. The molecule has 3 N–H and O–H groups in total. The van der Waals surface area contributed by atoms with Crippen LogP contribution in [0, 0.1) is 0 Å². The fourth-order valence-electron chi connectivity index (χ4n) is 4.78. The van der Waals surface area contributed by atoms with Crippen molar-refractivity contribution in [2.45, 2.75) is 13.0 Å². The smallest absolute Gasteiger partial charge is 0.336 e. The number of carbonyl (C=O) groups is 2. The van der Waals surface area contributed by atoms with Crippen LogP contribution in [0.1, 0.15) is 21.5 Å². The van der Waals surface area contributed by atoms with E-state index in [0.717, 1.165) is 11.1 Å². The van der Waals surface area contributed by atoms with E-state index in [2.05, 4.69) is 25.7 Å². The maximum atomic E-state index is 12.9. The van der Waals surface area contributed by atoms with Gasteiger partial charge in [0.2, 0.25) is 11.7 Å². The van der Waals surface area contributed by atoms with Gasteiger partial charge in [0, 0.05) is 40.8 Å². The number of rotatable bonds is 7. The highest BCUT2D eigenvalue weighted by atomic mass is 16.4. The zero-order chi connectivity index (χ0) is 29.2. The quantitative estimate of drug-likeness (QED) is 0.242. The second-order valence-electron chi connectivity index (χ2n) is 9.52. The Bertz CT molecular complexity index is 1990. The van der Waals surface area contributed by atoms with Crippen LogP contribution < -0.4 is 10.7 Å². The van der Waals surface area contributed by atoms with E-state index >= 15 is 0 Å². The number of nitrogens with one attached hydrogen (secondary N) is 1. The topological polar surface area (TPSA) is 168 Å². The molecule has 6 rings (SSSR count). The second kappa shape index (κ2) is 10.9. The summed E-state index contributed by atoms with van der Waals surface area (Å²) in [5.74, 6) is -0.820. The van der Waals surface area contributed by atoms with Crippen molar-refractivity contribution in [3.63, 3.8) is 0 Å². The van der Waals surface area contributed by atoms with Crippen LogP contribution in [0.15, 0.2) is 94.4 Å². The van der Waals surface area contributed by atoms with E-state index in [4.69, 9.17) is 4.42 Å². The first-order valence-electron chi connectivity index (χ1n) is 12.8. The fraction of sp³-hybridized carbons (Fsp3) is 0.0645. The molecule has 0 atom stereocenters. The van der Waals surface area contributed by atoms with Crippen molar-refractivity contribution in [1.29, 1.82) is 0 Å². The minimum absolute atomic E-state index is 0.00124. The summed E-state index contributed by atoms with van der Waals surface area (Å²) < 4.78 is 5.89. The third kappa shape index (κ3) is 5.26. The van der Waals surface area contributed by atoms with Gasteiger partial charge < -0.3 is 19.9 Å². The van der Waals surface area contributed by atoms with E-state index < -0.39 is 5.97 Å². The van der Waals surface area contributed by atoms with Crippen molar-refractivity contribution < 1.29 is 24.2 Å². The van der Waals surface area contributed by atoms with E-state index in [0.29, 0.717) is 33.5 Å². The molecule has 2 aliphatic rings. The molecular weight excluding hydrogens is 538 g/mol. The Morgan fingerprint density at radius 1 is 0.833 bits per heavy atom. The largest absolute Gasteiger partial charge is 0.508 e. The number of benzene rings is 4. The highest BCUT2D eigenvalue weighted by Crippen LogP contribution is 2.42. The summed E-state index contributed by atoms with van der Waals surface area (Å²) in [4.78, 5) is 37.2. The summed E-state index contributed by atoms with van der Waals surface area (Å²) in [6, 6.07) is 20.8. The molecule has 1 amide bonds. The van der Waals surface area contributed by atoms with Crippen LogP contribution >= 0.6 is 0 Å². The highest BCUT2D eigenvalue weighted by Gasteiger charge is 2.22. The van der Waals surface area contributed by atoms with Gasteiger partial charge in [-0.2, -0.15) is 0 Å². The van der Waals surface area contributed by atoms with E-state index in [1.807, 2.05) is 24.3 Å². The van der Waals surface area contributed by atoms with Crippen LogP contribution in [0.4, 0.5) is 0 Å². The minimum Gasteiger partial charge on any atom is -0.508 e. The summed E-state index contributed by atoms with van der Waals surface area (Å²) in [7, 11) is 0. The number of amides is 1. The van der Waals surface area contributed by atoms with Crippen molar-refractivity contribution in [1.82, 2.24) is 25.7 Å². The molecule has 1 aromatic heterocycles. The lowest BCUT2D eigenvalue weighted by Gasteiger charge is -2.17. The zero-order valence-corrected chi connectivity index (χ0v) is 21.8. The fourth-order valence-corrected chi connectivity index (χ4v) is 4.78. The summed E-state index contributed by atoms with van der Waals surface area (Å²) in [5.41, 5.74) is 3.59. The molecule has 0 saturated carbocycles. The van der Waals surface area contributed by atoms with Crippen LogP contribution in [0.2, 0.25) is 0 Å². The first-order valence-corrected chi connectivity index (χ1v) is 12.8. The SMILES string of the molecule is O=C(Cc1ccc(C(=O)O)c(-c2c3ccc(=O)cc-3oc3cc(O)ccc23)c1)NCc1ccc(-c2nncnn2)cc1. The van der Waals surface area contributed by atoms with Crippen molar-refractivity contribution in [3.05, 3.63) is 112 Å². The Morgan fingerprint density at radius 3 is 2.36 bits per heavy atom. The van der Waals surface area contributed by atoms with E-state index in [9.17, 15) is 24.6 Å². The van der Waals surface area contributed by atoms with Gasteiger partial charge >= 0.3 is 5.97 Å². The molecule has 3 aromatic carbocycles. The molecule has 11 heteroatoms. The monoisotopic (exact) mass is 559 g/mol. The Kier molecular flexibility index (Phi) is 6.81. The predicted molar refractivity (Wildman–Crippen MR) is 152 cm³/mol. The molecule has 1 aliphatic heterocycles. The molecule has 2 heterocycles. The van der Waals surface area contributed by atoms with Crippen molar-refractivity contribution in [2.75, 3.05) is 0 Å². The van der Waals surface area contributed by atoms with Crippen LogP contribution in [0.5, 0.6) is 5.75 Å². The normalized spacial score (nSPS) is 11.0. The van der Waals surface area contributed by atoms with Gasteiger partial charge in [-0.25, -0.2) is 4.79 Å². The van der Waals surface area contributed by atoms with Crippen molar-refractivity contribution in [2.24, 2.45) is 0 Å². The van der Waals surface area contributed by atoms with Crippen molar-refractivity contribution >= 4 is 22.8 Å². The zero-order valence-electron chi connectivity index (χ0n) is 21.8. The molecule has 0 bridgehead atoms. The van der Waals surface area contributed by atoms with Gasteiger partial charge in [-0.3, -0.25) is 9.59 Å². The highest BCUT2D eigenvalue weighted by molar-refractivity contribution is 6.07. The summed E-state index contributed by atoms with van der Waals surface area (Å²) in [5, 5.41) is 38.8. The van der Waals surface area contributed by atoms with Crippen LogP contribution in [-0.4, -0.2) is 42.5 Å². The summed E-state index contributed by atoms with van der Waals surface area (Å²) in [6.45, 7) is 0.280. The number of aromatic carboxylic acids is 1. The molecule has 0 radical (unpaired) electrons. The predicted octanol–water partition coefficient (Wildman–Crippen LogP) is 4.07. The molecule has 1 aliphatic carbocycles. The molecule has 0 unspecified atom stereocenters. The average molecular weight is 560 g/mol. The molecular formula is C31H21N5O6. The number of carbonyl (C=O) groups excluding carboxylic acids is 1. The Morgan fingerprint density at radius 2 is 1.60 bits per heavy atom. The lowest BCUT2D eigenvalue weighted by atomic mass is 9.89. The van der Waals surface area contributed by atoms with Crippen LogP contribution in [0.25, 0.3) is 44.8 Å². The van der Waals surface area contributed by atoms with E-state index in [1.165, 1.54) is 36.7 Å². The number of aromatic nitrogens is 4. The van der Waals surface area contributed by atoms with E-state index in [1.54, 1.807) is 24.3 Å². The Hall–Kier alpha value is -5.97. The van der Waals surface area contributed by atoms with Gasteiger partial charge in [-0.05, 0) is 53.1 Å². The number of phenolic OH excluding ortho intramolecular Hbond substituents is 1. The number of aromatic hydroxyl groups is 1. The molecule has 0 saturated heterocycles. The minimum atomic E-state index is -1.15. The summed E-state index contributed by atoms with van der Waals surface area (Å²) >= 11 is 0. The molecule has 0 fully saturated rings. The number of hydrogen-bond donors (Lipinski definition) is 3. The first-order chi connectivity index (χ1) is 20.4. The Labute approximate surface area is 237 Å². The first kappa shape index (κ1) is 26.3. The van der Waals surface area contributed by atoms with Crippen LogP contribution in [0.3, 0.4) is 0 Å². The number of hydrogen-bond acceptors (Lipinski definition) is 9. The average Bonchev–Trinajstić information content (AvgIpc) is 2.99. The van der Waals surface area contributed by atoms with Gasteiger partial charge in [0.25, 0.3) is 0 Å². The number of carboxylic acids is 1. The number of fused-ring (bicyclic) bond motifs is 2. The van der Waals surface area contributed by atoms with Crippen LogP contribution in [-0.2, 0) is 17.8 Å². The number of carboxylic acid groups (broad SMARTS) is 1. The standard InChI is InChI=1S/C31H21N5O6/c37-20-6-9-23-26(13-20)42-27-14-21(38)7-10-24(27)29(23)25-11-18(3-8-22(25)31(40)41)12-28(39)32-15-17-1-4-19(5-2-17)30-35-33-16-34-36-30/h1-11,13-14,16,37H,12,15H2,(H,32,39)(H,40,41). The number of phenols is 1. The molecule has 0 spiro atoms. The second-order valence-corrected chi connectivity index (χ2v) is 9.52. The van der Waals surface area contributed by atoms with Gasteiger partial charge in [0.15, 0.2) is 11.8 Å². The molecule has 11 nitrogen and oxygen atoms in total. The van der Waals surface area contributed by atoms with Gasteiger partial charge in [0.1, 0.15) is 17.1 Å². The van der Waals surface area contributed by atoms with Gasteiger partial charge in [-0.1, -0.05) is 30.3 Å². The lowest BCUT2D eigenvalue weighted by molar-refractivity contribution is -0.120. The van der Waals surface area contributed by atoms with Gasteiger partial charge in [-0.15, -0.1) is 20.4 Å². The maximum absolute atomic E-state index is 12.9. The third-order valence-corrected chi connectivity index (χ3v) is 6.74. The summed E-state index contributed by atoms with van der Waals surface area (Å²) in [6.07, 6.45) is 1.25. The molecule has 4 aromatic rings. The molecule has 42 heavy (non-hydrogen) atoms. The molecule has 206 valence electrons. The van der Waals surface area contributed by atoms with E-state index in [-0.39, 0.29) is 47.0 Å². The van der Waals surface area contributed by atoms with Crippen molar-refractivity contribution in [3.8, 4) is 39.6 Å². The van der Waals surface area contributed by atoms with Gasteiger partial charge in [0.05, 0.1) is 12.0 Å². The maximum Gasteiger partial charge on any atom is 0.336 e.